The number of nitrogens with one attached hydrogen (secondary N) is 2. The van der Waals surface area contributed by atoms with Gasteiger partial charge in [0.25, 0.3) is 0 Å². The molecule has 0 radical (unpaired) electrons. The fourth-order valence-corrected chi connectivity index (χ4v) is 1.94. The van der Waals surface area contributed by atoms with Crippen molar-refractivity contribution in [2.45, 2.75) is 26.8 Å². The van der Waals surface area contributed by atoms with Gasteiger partial charge in [-0.2, -0.15) is 0 Å². The van der Waals surface area contributed by atoms with Gasteiger partial charge in [0.05, 0.1) is 11.4 Å². The van der Waals surface area contributed by atoms with Crippen LogP contribution in [0.4, 0.5) is 11.4 Å². The molecular formula is C13H20IN3O. The Bertz CT molecular complexity index is 421. The van der Waals surface area contributed by atoms with Crippen LogP contribution in [-0.2, 0) is 4.79 Å². The highest BCUT2D eigenvalue weighted by molar-refractivity contribution is 14.1. The minimum absolute atomic E-state index is 0.0124. The van der Waals surface area contributed by atoms with E-state index in [1.165, 1.54) is 0 Å². The van der Waals surface area contributed by atoms with E-state index in [4.69, 9.17) is 5.73 Å². The normalized spacial score (nSPS) is 12.3. The number of amides is 1. The van der Waals surface area contributed by atoms with Gasteiger partial charge in [0.2, 0.25) is 5.91 Å². The maximum Gasteiger partial charge on any atom is 0.242 e. The molecule has 100 valence electrons. The van der Waals surface area contributed by atoms with E-state index in [9.17, 15) is 4.79 Å². The van der Waals surface area contributed by atoms with E-state index in [1.807, 2.05) is 25.1 Å². The van der Waals surface area contributed by atoms with Crippen LogP contribution in [0.3, 0.4) is 0 Å². The molecule has 0 saturated heterocycles. The van der Waals surface area contributed by atoms with Crippen molar-refractivity contribution in [1.82, 2.24) is 5.32 Å². The maximum atomic E-state index is 11.8. The molecule has 1 atom stereocenters. The third-order valence-corrected chi connectivity index (χ3v) is 3.13. The van der Waals surface area contributed by atoms with Crippen molar-refractivity contribution in [1.29, 1.82) is 0 Å². The number of benzene rings is 1. The first kappa shape index (κ1) is 15.1. The fourth-order valence-electron chi connectivity index (χ4n) is 1.42. The lowest BCUT2D eigenvalue weighted by Crippen LogP contribution is -2.39. The Hall–Kier alpha value is -0.980. The van der Waals surface area contributed by atoms with Crippen molar-refractivity contribution < 1.29 is 4.79 Å². The van der Waals surface area contributed by atoms with Crippen LogP contribution >= 0.6 is 22.6 Å². The van der Waals surface area contributed by atoms with Crippen LogP contribution in [0.2, 0.25) is 0 Å². The zero-order valence-electron chi connectivity index (χ0n) is 11.0. The first-order chi connectivity index (χ1) is 8.40. The molecule has 18 heavy (non-hydrogen) atoms. The number of hydrogen-bond acceptors (Lipinski definition) is 3. The van der Waals surface area contributed by atoms with Gasteiger partial charge in [-0.3, -0.25) is 4.79 Å². The van der Waals surface area contributed by atoms with Crippen LogP contribution in [0.1, 0.15) is 20.8 Å². The molecule has 0 aromatic heterocycles. The SMILES string of the molecule is CC(C)CNC(=O)C(C)Nc1ccc(I)cc1N. The molecule has 0 aliphatic carbocycles. The van der Waals surface area contributed by atoms with Crippen molar-refractivity contribution in [2.24, 2.45) is 5.92 Å². The minimum Gasteiger partial charge on any atom is -0.397 e. The third kappa shape index (κ3) is 4.72. The van der Waals surface area contributed by atoms with Crippen molar-refractivity contribution >= 4 is 39.9 Å². The second-order valence-electron chi connectivity index (χ2n) is 4.74. The molecule has 0 spiro atoms. The summed E-state index contributed by atoms with van der Waals surface area (Å²) in [5.41, 5.74) is 7.34. The van der Waals surface area contributed by atoms with Gasteiger partial charge in [-0.15, -0.1) is 0 Å². The van der Waals surface area contributed by atoms with Crippen LogP contribution in [0, 0.1) is 9.49 Å². The van der Waals surface area contributed by atoms with Crippen LogP contribution in [0.15, 0.2) is 18.2 Å². The van der Waals surface area contributed by atoms with E-state index < -0.39 is 0 Å². The Labute approximate surface area is 122 Å². The van der Waals surface area contributed by atoms with Crippen LogP contribution in [-0.4, -0.2) is 18.5 Å². The van der Waals surface area contributed by atoms with Gasteiger partial charge in [-0.25, -0.2) is 0 Å². The van der Waals surface area contributed by atoms with Crippen molar-refractivity contribution in [3.05, 3.63) is 21.8 Å². The van der Waals surface area contributed by atoms with Crippen LogP contribution in [0.5, 0.6) is 0 Å². The lowest BCUT2D eigenvalue weighted by molar-refractivity contribution is -0.121. The summed E-state index contributed by atoms with van der Waals surface area (Å²) in [4.78, 5) is 11.8. The second kappa shape index (κ2) is 6.82. The average molecular weight is 361 g/mol. The summed E-state index contributed by atoms with van der Waals surface area (Å²) in [5, 5.41) is 6.01. The number of hydrogen-bond donors (Lipinski definition) is 3. The molecule has 1 rings (SSSR count). The Morgan fingerprint density at radius 3 is 2.61 bits per heavy atom. The van der Waals surface area contributed by atoms with Gasteiger partial charge in [-0.05, 0) is 53.6 Å². The zero-order chi connectivity index (χ0) is 13.7. The lowest BCUT2D eigenvalue weighted by atomic mass is 10.2. The molecule has 0 fully saturated rings. The van der Waals surface area contributed by atoms with Crippen molar-refractivity contribution in [3.8, 4) is 0 Å². The Morgan fingerprint density at radius 2 is 2.06 bits per heavy atom. The summed E-state index contributed by atoms with van der Waals surface area (Å²) < 4.78 is 1.08. The molecule has 1 unspecified atom stereocenters. The highest BCUT2D eigenvalue weighted by Gasteiger charge is 2.13. The number of anilines is 2. The minimum atomic E-state index is -0.300. The van der Waals surface area contributed by atoms with Crippen molar-refractivity contribution in [3.63, 3.8) is 0 Å². The average Bonchev–Trinajstić information content (AvgIpc) is 2.29. The maximum absolute atomic E-state index is 11.8. The summed E-state index contributed by atoms with van der Waals surface area (Å²) in [5.74, 6) is 0.436. The molecule has 4 N–H and O–H groups in total. The molecule has 4 nitrogen and oxygen atoms in total. The Kier molecular flexibility index (Phi) is 5.71. The predicted molar refractivity (Wildman–Crippen MR) is 84.5 cm³/mol. The van der Waals surface area contributed by atoms with E-state index >= 15 is 0 Å². The highest BCUT2D eigenvalue weighted by Crippen LogP contribution is 2.21. The van der Waals surface area contributed by atoms with E-state index in [0.717, 1.165) is 9.26 Å². The standard InChI is InChI=1S/C13H20IN3O/c1-8(2)7-16-13(18)9(3)17-12-5-4-10(14)6-11(12)15/h4-6,8-9,17H,7,15H2,1-3H3,(H,16,18). The fraction of sp³-hybridized carbons (Fsp3) is 0.462. The topological polar surface area (TPSA) is 67.2 Å². The van der Waals surface area contributed by atoms with E-state index in [1.54, 1.807) is 0 Å². The number of rotatable bonds is 5. The lowest BCUT2D eigenvalue weighted by Gasteiger charge is -2.17. The molecule has 1 amide bonds. The van der Waals surface area contributed by atoms with Crippen LogP contribution < -0.4 is 16.4 Å². The number of halogens is 1. The van der Waals surface area contributed by atoms with Gasteiger partial charge in [0.15, 0.2) is 0 Å². The molecule has 0 aliphatic heterocycles. The van der Waals surface area contributed by atoms with Gasteiger partial charge in [-0.1, -0.05) is 13.8 Å². The zero-order valence-corrected chi connectivity index (χ0v) is 13.1. The quantitative estimate of drug-likeness (QED) is 0.558. The molecule has 0 bridgehead atoms. The van der Waals surface area contributed by atoms with E-state index in [2.05, 4.69) is 47.1 Å². The van der Waals surface area contributed by atoms with E-state index in [-0.39, 0.29) is 11.9 Å². The molecule has 5 heteroatoms. The summed E-state index contributed by atoms with van der Waals surface area (Å²) in [6, 6.07) is 5.43. The highest BCUT2D eigenvalue weighted by atomic mass is 127. The van der Waals surface area contributed by atoms with Crippen LogP contribution in [0.25, 0.3) is 0 Å². The molecule has 0 saturated carbocycles. The molecule has 0 aliphatic rings. The monoisotopic (exact) mass is 361 g/mol. The summed E-state index contributed by atoms with van der Waals surface area (Å²) in [7, 11) is 0. The van der Waals surface area contributed by atoms with Gasteiger partial charge >= 0.3 is 0 Å². The van der Waals surface area contributed by atoms with Gasteiger partial charge in [0, 0.05) is 10.1 Å². The Balaban J connectivity index is 2.58. The predicted octanol–water partition coefficient (Wildman–Crippen LogP) is 2.45. The molecular weight excluding hydrogens is 341 g/mol. The van der Waals surface area contributed by atoms with Gasteiger partial charge < -0.3 is 16.4 Å². The largest absolute Gasteiger partial charge is 0.397 e. The van der Waals surface area contributed by atoms with Crippen molar-refractivity contribution in [2.75, 3.05) is 17.6 Å². The first-order valence-electron chi connectivity index (χ1n) is 5.99. The smallest absolute Gasteiger partial charge is 0.242 e. The number of carbonyl (C=O) groups excluding carboxylic acids is 1. The summed E-state index contributed by atoms with van der Waals surface area (Å²) >= 11 is 2.20. The number of nitrogens with two attached hydrogens (primary N) is 1. The number of nitrogen functional groups attached to an aromatic ring is 1. The third-order valence-electron chi connectivity index (χ3n) is 2.46. The summed E-state index contributed by atoms with van der Waals surface area (Å²) in [6.45, 7) is 6.64. The molecule has 1 aromatic rings. The van der Waals surface area contributed by atoms with E-state index in [0.29, 0.717) is 18.2 Å². The second-order valence-corrected chi connectivity index (χ2v) is 5.98. The summed E-state index contributed by atoms with van der Waals surface area (Å²) in [6.07, 6.45) is 0. The number of carbonyl (C=O) groups is 1. The molecule has 0 heterocycles. The van der Waals surface area contributed by atoms with Gasteiger partial charge in [0.1, 0.15) is 6.04 Å². The Morgan fingerprint density at radius 1 is 1.39 bits per heavy atom. The molecule has 1 aromatic carbocycles. The first-order valence-corrected chi connectivity index (χ1v) is 7.07.